The predicted octanol–water partition coefficient (Wildman–Crippen LogP) is 1.32. The zero-order valence-corrected chi connectivity index (χ0v) is 4.93. The van der Waals surface area contributed by atoms with Crippen molar-refractivity contribution in [3.8, 4) is 0 Å². The quantitative estimate of drug-likeness (QED) is 0.513. The smallest absolute Gasteiger partial charge is 0.157 e. The molecular weight excluding hydrogens is 104 g/mol. The Morgan fingerprint density at radius 3 is 2.75 bits per heavy atom. The normalized spacial score (nSPS) is 30.4. The Morgan fingerprint density at radius 2 is 2.38 bits per heavy atom. The summed E-state index contributed by atoms with van der Waals surface area (Å²) in [6, 6.07) is 0. The summed E-state index contributed by atoms with van der Waals surface area (Å²) in [5.41, 5.74) is 0. The maximum absolute atomic E-state index is 5.14. The van der Waals surface area contributed by atoms with Gasteiger partial charge in [0.25, 0.3) is 0 Å². The van der Waals surface area contributed by atoms with E-state index in [2.05, 4.69) is 7.11 Å². The molecule has 1 heterocycles. The van der Waals surface area contributed by atoms with Gasteiger partial charge in [0.05, 0.1) is 7.11 Å². The van der Waals surface area contributed by atoms with Gasteiger partial charge in [-0.05, 0) is 19.3 Å². The first-order valence-corrected chi connectivity index (χ1v) is 2.96. The molecule has 0 spiro atoms. The molecule has 1 radical (unpaired) electrons. The van der Waals surface area contributed by atoms with Crippen LogP contribution in [-0.4, -0.2) is 12.9 Å². The largest absolute Gasteiger partial charge is 0.353 e. The van der Waals surface area contributed by atoms with Crippen LogP contribution in [0.4, 0.5) is 0 Å². The second-order valence-corrected chi connectivity index (χ2v) is 1.96. The molecule has 2 heteroatoms. The third kappa shape index (κ3) is 1.46. The van der Waals surface area contributed by atoms with E-state index < -0.39 is 0 Å². The Labute approximate surface area is 49.8 Å². The molecule has 1 aliphatic rings. The minimum atomic E-state index is -0.0243. The molecule has 2 nitrogen and oxygen atoms in total. The first kappa shape index (κ1) is 6.05. The van der Waals surface area contributed by atoms with Gasteiger partial charge in [-0.2, -0.15) is 0 Å². The van der Waals surface area contributed by atoms with Gasteiger partial charge in [0, 0.05) is 6.61 Å². The second kappa shape index (κ2) is 3.05. The average Bonchev–Trinajstić information content (AvgIpc) is 1.90. The summed E-state index contributed by atoms with van der Waals surface area (Å²) in [5.74, 6) is 0. The van der Waals surface area contributed by atoms with Crippen molar-refractivity contribution >= 4 is 0 Å². The standard InChI is InChI=1S/C6H11O2/c1-7-6-4-2-3-5-8-6/h6H,1-5H2. The van der Waals surface area contributed by atoms with E-state index in [-0.39, 0.29) is 6.29 Å². The van der Waals surface area contributed by atoms with Crippen molar-refractivity contribution in [1.82, 2.24) is 0 Å². The van der Waals surface area contributed by atoms with Crippen LogP contribution in [0.2, 0.25) is 0 Å². The van der Waals surface area contributed by atoms with Crippen molar-refractivity contribution in [3.63, 3.8) is 0 Å². The molecule has 0 saturated carbocycles. The highest BCUT2D eigenvalue weighted by Gasteiger charge is 2.10. The average molecular weight is 115 g/mol. The van der Waals surface area contributed by atoms with E-state index in [1.54, 1.807) is 0 Å². The zero-order chi connectivity index (χ0) is 5.82. The third-order valence-electron chi connectivity index (χ3n) is 1.32. The van der Waals surface area contributed by atoms with Crippen molar-refractivity contribution in [2.24, 2.45) is 0 Å². The first-order chi connectivity index (χ1) is 3.93. The van der Waals surface area contributed by atoms with Crippen molar-refractivity contribution in [2.45, 2.75) is 25.6 Å². The lowest BCUT2D eigenvalue weighted by atomic mass is 10.2. The Kier molecular flexibility index (Phi) is 2.30. The fraction of sp³-hybridized carbons (Fsp3) is 0.833. The topological polar surface area (TPSA) is 18.5 Å². The van der Waals surface area contributed by atoms with Crippen molar-refractivity contribution in [1.29, 1.82) is 0 Å². The van der Waals surface area contributed by atoms with E-state index >= 15 is 0 Å². The minimum absolute atomic E-state index is 0.0243. The van der Waals surface area contributed by atoms with Gasteiger partial charge in [0.15, 0.2) is 6.29 Å². The lowest BCUT2D eigenvalue weighted by Crippen LogP contribution is -2.19. The highest BCUT2D eigenvalue weighted by Crippen LogP contribution is 2.12. The van der Waals surface area contributed by atoms with Crippen LogP contribution in [0.1, 0.15) is 19.3 Å². The molecule has 0 aromatic rings. The van der Waals surface area contributed by atoms with Crippen LogP contribution in [-0.2, 0) is 9.47 Å². The van der Waals surface area contributed by atoms with Crippen LogP contribution in [0.3, 0.4) is 0 Å². The van der Waals surface area contributed by atoms with Crippen molar-refractivity contribution < 1.29 is 9.47 Å². The molecule has 0 aromatic carbocycles. The fourth-order valence-corrected chi connectivity index (χ4v) is 0.843. The van der Waals surface area contributed by atoms with Gasteiger partial charge in [-0.1, -0.05) is 0 Å². The van der Waals surface area contributed by atoms with Gasteiger partial charge >= 0.3 is 0 Å². The molecule has 1 aliphatic heterocycles. The first-order valence-electron chi connectivity index (χ1n) is 2.96. The number of ether oxygens (including phenoxy) is 2. The summed E-state index contributed by atoms with van der Waals surface area (Å²) in [6.45, 7) is 0.834. The summed E-state index contributed by atoms with van der Waals surface area (Å²) >= 11 is 0. The van der Waals surface area contributed by atoms with Crippen molar-refractivity contribution in [2.75, 3.05) is 6.61 Å². The van der Waals surface area contributed by atoms with Crippen LogP contribution in [0.15, 0.2) is 0 Å². The molecule has 0 aliphatic carbocycles. The molecule has 1 unspecified atom stereocenters. The minimum Gasteiger partial charge on any atom is -0.353 e. The molecule has 0 bridgehead atoms. The van der Waals surface area contributed by atoms with Gasteiger partial charge in [-0.3, -0.25) is 0 Å². The summed E-state index contributed by atoms with van der Waals surface area (Å²) in [5, 5.41) is 0. The summed E-state index contributed by atoms with van der Waals surface area (Å²) in [6.07, 6.45) is 3.35. The highest BCUT2D eigenvalue weighted by molar-refractivity contribution is 4.52. The third-order valence-corrected chi connectivity index (χ3v) is 1.32. The van der Waals surface area contributed by atoms with Crippen LogP contribution in [0.25, 0.3) is 0 Å². The Bertz CT molecular complexity index is 57.5. The lowest BCUT2D eigenvalue weighted by molar-refractivity contribution is -0.132. The Morgan fingerprint density at radius 1 is 1.50 bits per heavy atom. The highest BCUT2D eigenvalue weighted by atomic mass is 16.7. The Hall–Kier alpha value is -0.0800. The maximum Gasteiger partial charge on any atom is 0.157 e. The molecule has 1 rings (SSSR count). The molecule has 0 amide bonds. The van der Waals surface area contributed by atoms with E-state index in [1.807, 2.05) is 0 Å². The van der Waals surface area contributed by atoms with Gasteiger partial charge in [0.2, 0.25) is 0 Å². The van der Waals surface area contributed by atoms with Gasteiger partial charge in [-0.15, -0.1) is 0 Å². The van der Waals surface area contributed by atoms with E-state index in [0.29, 0.717) is 0 Å². The SMILES string of the molecule is [CH2]OC1CCCCO1. The van der Waals surface area contributed by atoms with Crippen molar-refractivity contribution in [3.05, 3.63) is 7.11 Å². The maximum atomic E-state index is 5.14. The van der Waals surface area contributed by atoms with E-state index in [0.717, 1.165) is 13.0 Å². The zero-order valence-electron chi connectivity index (χ0n) is 4.93. The lowest BCUT2D eigenvalue weighted by Gasteiger charge is -2.20. The molecule has 1 saturated heterocycles. The number of rotatable bonds is 1. The van der Waals surface area contributed by atoms with E-state index in [4.69, 9.17) is 9.47 Å². The van der Waals surface area contributed by atoms with E-state index in [9.17, 15) is 0 Å². The van der Waals surface area contributed by atoms with Crippen LogP contribution < -0.4 is 0 Å². The van der Waals surface area contributed by atoms with Gasteiger partial charge < -0.3 is 9.47 Å². The summed E-state index contributed by atoms with van der Waals surface area (Å²) in [7, 11) is 3.28. The molecule has 0 aromatic heterocycles. The molecule has 8 heavy (non-hydrogen) atoms. The predicted molar refractivity (Wildman–Crippen MR) is 30.0 cm³/mol. The number of hydrogen-bond acceptors (Lipinski definition) is 2. The van der Waals surface area contributed by atoms with Crippen LogP contribution in [0.5, 0.6) is 0 Å². The van der Waals surface area contributed by atoms with Crippen LogP contribution in [0, 0.1) is 7.11 Å². The monoisotopic (exact) mass is 115 g/mol. The second-order valence-electron chi connectivity index (χ2n) is 1.96. The molecule has 47 valence electrons. The van der Waals surface area contributed by atoms with Gasteiger partial charge in [-0.25, -0.2) is 0 Å². The Balaban J connectivity index is 2.13. The number of hydrogen-bond donors (Lipinski definition) is 0. The molecule has 1 fully saturated rings. The van der Waals surface area contributed by atoms with E-state index in [1.165, 1.54) is 12.8 Å². The van der Waals surface area contributed by atoms with Crippen LogP contribution >= 0.6 is 0 Å². The van der Waals surface area contributed by atoms with Gasteiger partial charge in [0.1, 0.15) is 0 Å². The fourth-order valence-electron chi connectivity index (χ4n) is 0.843. The summed E-state index contributed by atoms with van der Waals surface area (Å²) < 4.78 is 9.86. The molecule has 1 atom stereocenters. The molecule has 0 N–H and O–H groups in total. The molecular formula is C6H11O2. The summed E-state index contributed by atoms with van der Waals surface area (Å²) in [4.78, 5) is 0.